The van der Waals surface area contributed by atoms with Crippen molar-refractivity contribution in [1.82, 2.24) is 10.6 Å². The molecule has 0 unspecified atom stereocenters. The third kappa shape index (κ3) is 6.34. The molecule has 46 heavy (non-hydrogen) atoms. The standard InChI is InChI=1S/C38H32N6O2/c1-23-33(17-39)37(34(18-40)24(2)43-23)29-9-13-31(14-10-29)45-21-27-5-7-28(8-6-27)22-46-32-15-11-30(12-16-32)38-35(19-41)25(3)44-26(4)36(38)20-42/h5-16,37-38,43-44H,21-22H2,1-4H3. The van der Waals surface area contributed by atoms with Gasteiger partial charge in [0.1, 0.15) is 24.7 Å². The summed E-state index contributed by atoms with van der Waals surface area (Å²) >= 11 is 0. The molecule has 3 aromatic carbocycles. The van der Waals surface area contributed by atoms with Gasteiger partial charge in [-0.1, -0.05) is 48.5 Å². The number of dihydropyridines is 2. The molecule has 2 aliphatic rings. The molecule has 0 atom stereocenters. The Labute approximate surface area is 269 Å². The van der Waals surface area contributed by atoms with E-state index in [2.05, 4.69) is 34.9 Å². The van der Waals surface area contributed by atoms with Crippen molar-refractivity contribution in [2.24, 2.45) is 0 Å². The van der Waals surface area contributed by atoms with E-state index in [0.29, 0.717) is 47.0 Å². The van der Waals surface area contributed by atoms with Crippen molar-refractivity contribution in [2.75, 3.05) is 0 Å². The molecule has 2 aliphatic heterocycles. The normalized spacial score (nSPS) is 15.3. The highest BCUT2D eigenvalue weighted by atomic mass is 16.5. The summed E-state index contributed by atoms with van der Waals surface area (Å²) in [6, 6.07) is 32.1. The second kappa shape index (κ2) is 13.6. The van der Waals surface area contributed by atoms with Crippen molar-refractivity contribution >= 4 is 0 Å². The molecule has 0 aliphatic carbocycles. The van der Waals surface area contributed by atoms with Crippen molar-refractivity contribution in [3.8, 4) is 35.8 Å². The molecular formula is C38H32N6O2. The maximum absolute atomic E-state index is 9.74. The number of nitrogens with zero attached hydrogens (tertiary/aromatic N) is 4. The number of ether oxygens (including phenoxy) is 2. The molecule has 0 fully saturated rings. The van der Waals surface area contributed by atoms with Crippen molar-refractivity contribution in [2.45, 2.75) is 52.7 Å². The van der Waals surface area contributed by atoms with Gasteiger partial charge in [-0.2, -0.15) is 21.0 Å². The number of allylic oxidation sites excluding steroid dienone is 8. The van der Waals surface area contributed by atoms with Gasteiger partial charge >= 0.3 is 0 Å². The minimum absolute atomic E-state index is 0.383. The highest BCUT2D eigenvalue weighted by molar-refractivity contribution is 5.56. The Balaban J connectivity index is 1.17. The number of rotatable bonds is 8. The number of nitriles is 4. The quantitative estimate of drug-likeness (QED) is 0.271. The monoisotopic (exact) mass is 604 g/mol. The van der Waals surface area contributed by atoms with Crippen LogP contribution in [0.25, 0.3) is 0 Å². The molecular weight excluding hydrogens is 572 g/mol. The highest BCUT2D eigenvalue weighted by Crippen LogP contribution is 2.39. The predicted octanol–water partition coefficient (Wildman–Crippen LogP) is 7.41. The van der Waals surface area contributed by atoms with Gasteiger partial charge < -0.3 is 20.1 Å². The molecule has 2 heterocycles. The Kier molecular flexibility index (Phi) is 9.23. The van der Waals surface area contributed by atoms with Crippen LogP contribution in [0, 0.1) is 45.3 Å². The fourth-order valence-corrected chi connectivity index (χ4v) is 5.82. The average Bonchev–Trinajstić information content (AvgIpc) is 3.07. The van der Waals surface area contributed by atoms with Crippen LogP contribution in [0.2, 0.25) is 0 Å². The van der Waals surface area contributed by atoms with Gasteiger partial charge in [-0.3, -0.25) is 0 Å². The highest BCUT2D eigenvalue weighted by Gasteiger charge is 2.30. The summed E-state index contributed by atoms with van der Waals surface area (Å²) in [5.41, 5.74) is 8.92. The minimum atomic E-state index is -0.400. The van der Waals surface area contributed by atoms with Gasteiger partial charge in [-0.25, -0.2) is 0 Å². The fraction of sp³-hybridized carbons (Fsp3) is 0.211. The SMILES string of the molecule is CC1=C(C#N)C(c2ccc(OCc3ccc(COc4ccc(C5C(C#N)=C(C)NC(C)=C5C#N)cc4)cc3)cc2)C(C#N)=C(C)N1. The molecule has 0 amide bonds. The number of hydrogen-bond acceptors (Lipinski definition) is 8. The molecule has 8 heteroatoms. The van der Waals surface area contributed by atoms with Crippen molar-refractivity contribution in [1.29, 1.82) is 21.0 Å². The van der Waals surface area contributed by atoms with Gasteiger partial charge in [0.05, 0.1) is 58.4 Å². The summed E-state index contributed by atoms with van der Waals surface area (Å²) in [4.78, 5) is 0. The zero-order valence-corrected chi connectivity index (χ0v) is 26.1. The second-order valence-electron chi connectivity index (χ2n) is 11.2. The van der Waals surface area contributed by atoms with E-state index in [0.717, 1.165) is 45.0 Å². The first-order chi connectivity index (χ1) is 22.3. The van der Waals surface area contributed by atoms with Crippen LogP contribution in [0.5, 0.6) is 11.5 Å². The minimum Gasteiger partial charge on any atom is -0.489 e. The Morgan fingerprint density at radius 2 is 0.761 bits per heavy atom. The molecule has 0 radical (unpaired) electrons. The van der Waals surface area contributed by atoms with Crippen molar-refractivity contribution in [3.05, 3.63) is 140 Å². The zero-order chi connectivity index (χ0) is 32.8. The molecule has 226 valence electrons. The summed E-state index contributed by atoms with van der Waals surface area (Å²) in [5, 5.41) is 45.2. The largest absolute Gasteiger partial charge is 0.489 e. The summed E-state index contributed by atoms with van der Waals surface area (Å²) in [6.45, 7) is 8.16. The molecule has 3 aromatic rings. The summed E-state index contributed by atoms with van der Waals surface area (Å²) < 4.78 is 12.0. The van der Waals surface area contributed by atoms with Gasteiger partial charge in [0.15, 0.2) is 0 Å². The number of hydrogen-bond donors (Lipinski definition) is 2. The Bertz CT molecular complexity index is 1740. The van der Waals surface area contributed by atoms with Crippen LogP contribution >= 0.6 is 0 Å². The van der Waals surface area contributed by atoms with Crippen molar-refractivity contribution < 1.29 is 9.47 Å². The van der Waals surface area contributed by atoms with Crippen LogP contribution in [0.4, 0.5) is 0 Å². The Morgan fingerprint density at radius 3 is 1.02 bits per heavy atom. The van der Waals surface area contributed by atoms with Gasteiger partial charge in [0.2, 0.25) is 0 Å². The van der Waals surface area contributed by atoms with Crippen LogP contribution < -0.4 is 20.1 Å². The second-order valence-corrected chi connectivity index (χ2v) is 11.2. The average molecular weight is 605 g/mol. The first-order valence-corrected chi connectivity index (χ1v) is 14.8. The smallest absolute Gasteiger partial charge is 0.119 e. The summed E-state index contributed by atoms with van der Waals surface area (Å²) in [6.07, 6.45) is 0. The van der Waals surface area contributed by atoms with Crippen LogP contribution in [-0.2, 0) is 13.2 Å². The molecule has 0 saturated heterocycles. The lowest BCUT2D eigenvalue weighted by atomic mass is 9.81. The number of benzene rings is 3. The molecule has 0 bridgehead atoms. The van der Waals surface area contributed by atoms with E-state index in [1.165, 1.54) is 0 Å². The molecule has 5 rings (SSSR count). The lowest BCUT2D eigenvalue weighted by Gasteiger charge is -2.26. The topological polar surface area (TPSA) is 138 Å². The maximum atomic E-state index is 9.74. The molecule has 0 aromatic heterocycles. The van der Waals surface area contributed by atoms with E-state index >= 15 is 0 Å². The first kappa shape index (κ1) is 31.2. The predicted molar refractivity (Wildman–Crippen MR) is 173 cm³/mol. The van der Waals surface area contributed by atoms with Gasteiger partial charge in [-0.15, -0.1) is 0 Å². The van der Waals surface area contributed by atoms with E-state index in [1.54, 1.807) is 0 Å². The van der Waals surface area contributed by atoms with Crippen molar-refractivity contribution in [3.63, 3.8) is 0 Å². The Morgan fingerprint density at radius 1 is 0.478 bits per heavy atom. The van der Waals surface area contributed by atoms with E-state index in [4.69, 9.17) is 9.47 Å². The first-order valence-electron chi connectivity index (χ1n) is 14.8. The fourth-order valence-electron chi connectivity index (χ4n) is 5.82. The summed E-state index contributed by atoms with van der Waals surface area (Å²) in [7, 11) is 0. The van der Waals surface area contributed by atoms with Crippen LogP contribution in [0.3, 0.4) is 0 Å². The molecule has 8 nitrogen and oxygen atoms in total. The third-order valence-electron chi connectivity index (χ3n) is 8.26. The van der Waals surface area contributed by atoms with Crippen LogP contribution in [0.15, 0.2) is 118 Å². The van der Waals surface area contributed by atoms with E-state index in [9.17, 15) is 21.0 Å². The molecule has 0 saturated carbocycles. The van der Waals surface area contributed by atoms with E-state index in [-0.39, 0.29) is 0 Å². The molecule has 0 spiro atoms. The summed E-state index contributed by atoms with van der Waals surface area (Å²) in [5.74, 6) is 0.583. The van der Waals surface area contributed by atoms with Gasteiger partial charge in [-0.05, 0) is 74.2 Å². The third-order valence-corrected chi connectivity index (χ3v) is 8.26. The van der Waals surface area contributed by atoms with Crippen LogP contribution in [-0.4, -0.2) is 0 Å². The van der Waals surface area contributed by atoms with Gasteiger partial charge in [0, 0.05) is 22.8 Å². The zero-order valence-electron chi connectivity index (χ0n) is 26.1. The van der Waals surface area contributed by atoms with E-state index < -0.39 is 11.8 Å². The maximum Gasteiger partial charge on any atom is 0.119 e. The van der Waals surface area contributed by atoms with Gasteiger partial charge in [0.25, 0.3) is 0 Å². The Hall–Kier alpha value is -6.22. The number of nitrogens with one attached hydrogen (secondary N) is 2. The lowest BCUT2D eigenvalue weighted by molar-refractivity contribution is 0.302. The lowest BCUT2D eigenvalue weighted by Crippen LogP contribution is -2.23. The van der Waals surface area contributed by atoms with Crippen LogP contribution in [0.1, 0.15) is 61.8 Å². The van der Waals surface area contributed by atoms with E-state index in [1.807, 2.05) is 100 Å². The molecule has 2 N–H and O–H groups in total.